The van der Waals surface area contributed by atoms with Crippen LogP contribution in [0.4, 0.5) is 22.7 Å². The van der Waals surface area contributed by atoms with Gasteiger partial charge in [-0.3, -0.25) is 9.59 Å². The third kappa shape index (κ3) is 18.0. The van der Waals surface area contributed by atoms with Crippen molar-refractivity contribution in [3.05, 3.63) is 95.1 Å². The fraction of sp³-hybridized carbons (Fsp3) is 0.536. The average Bonchev–Trinajstić information content (AvgIpc) is 3.79. The summed E-state index contributed by atoms with van der Waals surface area (Å²) in [6.07, 6.45) is 7.23. The maximum atomic E-state index is 13.2. The lowest BCUT2D eigenvalue weighted by molar-refractivity contribution is -0.137. The van der Waals surface area contributed by atoms with Gasteiger partial charge >= 0.3 is 5.97 Å². The first kappa shape index (κ1) is 65.1. The molecule has 0 radical (unpaired) electrons. The van der Waals surface area contributed by atoms with Gasteiger partial charge in [-0.25, -0.2) is 25.4 Å². The number of sulfonamides is 2. The molecular formula is C56H87ClN8O9S2. The molecule has 2 unspecified atom stereocenters. The van der Waals surface area contributed by atoms with E-state index in [0.29, 0.717) is 39.8 Å². The average molecular weight is 1120 g/mol. The van der Waals surface area contributed by atoms with Crippen LogP contribution in [0, 0.1) is 27.7 Å². The molecule has 76 heavy (non-hydrogen) atoms. The van der Waals surface area contributed by atoms with Crippen LogP contribution < -0.4 is 29.5 Å². The van der Waals surface area contributed by atoms with E-state index in [4.69, 9.17) is 14.6 Å². The zero-order valence-corrected chi connectivity index (χ0v) is 50.0. The van der Waals surface area contributed by atoms with Gasteiger partial charge in [0.25, 0.3) is 0 Å². The first-order chi connectivity index (χ1) is 35.3. The van der Waals surface area contributed by atoms with E-state index in [1.807, 2.05) is 19.2 Å². The van der Waals surface area contributed by atoms with Crippen LogP contribution in [-0.2, 0) is 29.6 Å². The Hall–Kier alpha value is -5.15. The minimum Gasteiger partial charge on any atom is -0.497 e. The Morgan fingerprint density at radius 2 is 0.961 bits per heavy atom. The fourth-order valence-corrected chi connectivity index (χ4v) is 12.8. The first-order valence-electron chi connectivity index (χ1n) is 25.8. The van der Waals surface area contributed by atoms with Gasteiger partial charge in [0.05, 0.1) is 30.4 Å². The first-order valence-corrected chi connectivity index (χ1v) is 28.7. The highest BCUT2D eigenvalue weighted by Gasteiger charge is 2.28. The van der Waals surface area contributed by atoms with Gasteiger partial charge in [-0.1, -0.05) is 0 Å². The minimum atomic E-state index is -3.74. The van der Waals surface area contributed by atoms with Crippen LogP contribution >= 0.6 is 12.4 Å². The van der Waals surface area contributed by atoms with Crippen LogP contribution in [0.5, 0.6) is 11.5 Å². The van der Waals surface area contributed by atoms with E-state index >= 15 is 0 Å². The second-order valence-corrected chi connectivity index (χ2v) is 24.0. The summed E-state index contributed by atoms with van der Waals surface area (Å²) in [5, 5.41) is 11.8. The number of ether oxygens (including phenoxy) is 2. The Morgan fingerprint density at radius 3 is 1.30 bits per heavy atom. The summed E-state index contributed by atoms with van der Waals surface area (Å²) < 4.78 is 64.1. The maximum absolute atomic E-state index is 13.2. The summed E-state index contributed by atoms with van der Waals surface area (Å²) in [6.45, 7) is 11.3. The Balaban J connectivity index is 0.000000329. The number of carboxylic acids is 1. The third-order valence-electron chi connectivity index (χ3n) is 14.3. The van der Waals surface area contributed by atoms with Gasteiger partial charge in [-0.05, 0) is 189 Å². The van der Waals surface area contributed by atoms with E-state index < -0.39 is 26.0 Å². The second kappa shape index (κ2) is 30.1. The zero-order valence-electron chi connectivity index (χ0n) is 47.6. The van der Waals surface area contributed by atoms with Crippen molar-refractivity contribution in [2.75, 3.05) is 130 Å². The van der Waals surface area contributed by atoms with Gasteiger partial charge in [0.2, 0.25) is 26.0 Å². The molecule has 2 atom stereocenters. The number of carboxylic acid groups (broad SMARTS) is 1. The molecule has 17 nitrogen and oxygen atoms in total. The number of aryl methyl sites for hydroxylation is 4. The van der Waals surface area contributed by atoms with Crippen molar-refractivity contribution in [1.82, 2.24) is 18.4 Å². The van der Waals surface area contributed by atoms with E-state index in [2.05, 4.69) is 89.5 Å². The van der Waals surface area contributed by atoms with Crippen molar-refractivity contribution in [3.8, 4) is 11.5 Å². The van der Waals surface area contributed by atoms with Crippen molar-refractivity contribution in [2.45, 2.75) is 101 Å². The predicted molar refractivity (Wildman–Crippen MR) is 312 cm³/mol. The van der Waals surface area contributed by atoms with Crippen LogP contribution in [0.3, 0.4) is 0 Å². The molecule has 0 aliphatic carbocycles. The standard InChI is InChI=1S/C28H42N4O4S.C15H25N3.C13H19NO5S.ClH/c1-21-19-26(36-7)20-22(2)28(21)37(34,35)30(5)17-15-27(33)31(6)24-10-12-25(13-11-24)32-16-8-9-23(14-18-32)29(3)4;1-16-13-6-8-15(9-7-13)18-11-4-5-14(10-12-18)17(2)3;1-9-7-11(19-4)8-10(2)13(9)20(17,18)14(3)6-5-12(15)16;/h10-13,19-20,23H,8-9,14-18H2,1-7H3;6-9,14,16H,4-5,10-12H2,1-3H3;7-8H,5-6H2,1-4H3,(H,15,16);1H. The van der Waals surface area contributed by atoms with Crippen molar-refractivity contribution in [1.29, 1.82) is 0 Å². The number of carbonyl (C=O) groups is 2. The number of methoxy groups -OCH3 is 2. The van der Waals surface area contributed by atoms with Crippen LogP contribution in [0.15, 0.2) is 82.6 Å². The molecule has 4 aromatic carbocycles. The quantitative estimate of drug-likeness (QED) is 0.0972. The van der Waals surface area contributed by atoms with E-state index in [0.717, 1.165) is 42.0 Å². The summed E-state index contributed by atoms with van der Waals surface area (Å²) in [4.78, 5) is 35.2. The molecule has 2 heterocycles. The summed E-state index contributed by atoms with van der Waals surface area (Å²) in [5.74, 6) is 0.0389. The maximum Gasteiger partial charge on any atom is 0.304 e. The Kier molecular flexibility index (Phi) is 25.8. The molecule has 6 rings (SSSR count). The number of nitrogens with one attached hydrogen (secondary N) is 1. The second-order valence-electron chi connectivity index (χ2n) is 20.1. The van der Waals surface area contributed by atoms with Gasteiger partial charge < -0.3 is 44.4 Å². The molecule has 2 aliphatic heterocycles. The molecule has 0 saturated carbocycles. The molecule has 0 bridgehead atoms. The summed E-state index contributed by atoms with van der Waals surface area (Å²) >= 11 is 0. The van der Waals surface area contributed by atoms with Crippen molar-refractivity contribution >= 4 is 67.1 Å². The predicted octanol–water partition coefficient (Wildman–Crippen LogP) is 8.38. The molecule has 2 fully saturated rings. The lowest BCUT2D eigenvalue weighted by Gasteiger charge is -2.26. The normalized spacial score (nSPS) is 16.1. The molecule has 424 valence electrons. The number of hydrogen-bond acceptors (Lipinski definition) is 13. The monoisotopic (exact) mass is 1110 g/mol. The third-order valence-corrected chi connectivity index (χ3v) is 18.6. The molecule has 2 saturated heterocycles. The number of carbonyl (C=O) groups excluding carboxylic acids is 1. The molecule has 20 heteroatoms. The van der Waals surface area contributed by atoms with Gasteiger partial charge in [0.15, 0.2) is 0 Å². The molecule has 2 N–H and O–H groups in total. The number of benzene rings is 4. The molecular weight excluding hydrogens is 1030 g/mol. The molecule has 0 aromatic heterocycles. The highest BCUT2D eigenvalue weighted by molar-refractivity contribution is 7.89. The van der Waals surface area contributed by atoms with Crippen LogP contribution in [0.2, 0.25) is 0 Å². The zero-order chi connectivity index (χ0) is 55.8. The topological polar surface area (TPSA) is 176 Å². The summed E-state index contributed by atoms with van der Waals surface area (Å²) in [7, 11) is 10.9. The number of hydrogen-bond donors (Lipinski definition) is 2. The van der Waals surface area contributed by atoms with E-state index in [1.165, 1.54) is 81.3 Å². The van der Waals surface area contributed by atoms with Crippen LogP contribution in [0.1, 0.15) is 73.6 Å². The SMILES string of the molecule is CNc1ccc(N2CCCC(N(C)C)CC2)cc1.COc1cc(C)c(S(=O)(=O)N(C)CCC(=O)N(C)c2ccc(N3CCCC(N(C)C)CC3)cc2)c(C)c1.COc1cc(C)c(S(=O)(=O)N(C)CCC(=O)O)c(C)c1.Cl. The Bertz CT molecular complexity index is 2670. The highest BCUT2D eigenvalue weighted by Crippen LogP contribution is 2.30. The van der Waals surface area contributed by atoms with E-state index in [1.54, 1.807) is 71.0 Å². The van der Waals surface area contributed by atoms with E-state index in [-0.39, 0.29) is 54.0 Å². The van der Waals surface area contributed by atoms with Gasteiger partial charge in [0.1, 0.15) is 11.5 Å². The van der Waals surface area contributed by atoms with Crippen molar-refractivity contribution in [2.24, 2.45) is 0 Å². The summed E-state index contributed by atoms with van der Waals surface area (Å²) in [6, 6.07) is 24.9. The molecule has 0 spiro atoms. The fourth-order valence-electron chi connectivity index (χ4n) is 9.67. The van der Waals surface area contributed by atoms with Gasteiger partial charge in [-0.2, -0.15) is 0 Å². The minimum absolute atomic E-state index is 0. The number of rotatable bonds is 18. The van der Waals surface area contributed by atoms with Gasteiger partial charge in [-0.15, -0.1) is 12.4 Å². The van der Waals surface area contributed by atoms with Crippen LogP contribution in [-0.4, -0.2) is 174 Å². The van der Waals surface area contributed by atoms with Crippen molar-refractivity contribution < 1.29 is 41.0 Å². The number of halogens is 1. The smallest absolute Gasteiger partial charge is 0.304 e. The van der Waals surface area contributed by atoms with Gasteiger partial charge in [0, 0.05) is 109 Å². The summed E-state index contributed by atoms with van der Waals surface area (Å²) in [5.41, 5.74) is 6.88. The number of aliphatic carboxylic acids is 1. The van der Waals surface area contributed by atoms with Crippen molar-refractivity contribution in [3.63, 3.8) is 0 Å². The van der Waals surface area contributed by atoms with Crippen LogP contribution in [0.25, 0.3) is 0 Å². The number of anilines is 4. The molecule has 4 aromatic rings. The number of nitrogens with zero attached hydrogens (tertiary/aromatic N) is 7. The lowest BCUT2D eigenvalue weighted by Crippen LogP contribution is -2.34. The number of amides is 1. The highest BCUT2D eigenvalue weighted by atomic mass is 35.5. The Labute approximate surface area is 461 Å². The largest absolute Gasteiger partial charge is 0.497 e. The van der Waals surface area contributed by atoms with E-state index in [9.17, 15) is 26.4 Å². The Morgan fingerprint density at radius 1 is 0.592 bits per heavy atom. The molecule has 1 amide bonds. The molecule has 2 aliphatic rings. The lowest BCUT2D eigenvalue weighted by atomic mass is 10.1.